The van der Waals surface area contributed by atoms with Gasteiger partial charge in [0, 0.05) is 5.38 Å². The van der Waals surface area contributed by atoms with Gasteiger partial charge in [0.15, 0.2) is 10.8 Å². The molecule has 6 nitrogen and oxygen atoms in total. The molecule has 0 saturated heterocycles. The third-order valence-corrected chi connectivity index (χ3v) is 2.26. The topological polar surface area (TPSA) is 105 Å². The number of nitrogens with zero attached hydrogens (tertiary/aromatic N) is 1. The zero-order valence-electron chi connectivity index (χ0n) is 7.35. The van der Waals surface area contributed by atoms with E-state index in [0.29, 0.717) is 5.13 Å². The Labute approximate surface area is 83.8 Å². The van der Waals surface area contributed by atoms with Gasteiger partial charge in [-0.05, 0) is 6.92 Å². The number of carboxylic acids is 1. The summed E-state index contributed by atoms with van der Waals surface area (Å²) in [6, 6.07) is -0.567. The Balaban J connectivity index is 2.69. The second-order valence-corrected chi connectivity index (χ2v) is 3.47. The summed E-state index contributed by atoms with van der Waals surface area (Å²) in [6.07, 6.45) is 0. The highest BCUT2D eigenvalue weighted by atomic mass is 32.1. The van der Waals surface area contributed by atoms with Crippen molar-refractivity contribution < 1.29 is 14.7 Å². The van der Waals surface area contributed by atoms with E-state index < -0.39 is 17.9 Å². The van der Waals surface area contributed by atoms with Gasteiger partial charge in [-0.15, -0.1) is 11.3 Å². The third kappa shape index (κ3) is 2.43. The molecule has 0 radical (unpaired) electrons. The van der Waals surface area contributed by atoms with E-state index in [1.807, 2.05) is 0 Å². The molecule has 0 aliphatic heterocycles. The average Bonchev–Trinajstić information content (AvgIpc) is 2.52. The Morgan fingerprint density at radius 2 is 2.36 bits per heavy atom. The van der Waals surface area contributed by atoms with E-state index in [9.17, 15) is 9.59 Å². The summed E-state index contributed by atoms with van der Waals surface area (Å²) < 4.78 is 0. The number of rotatable bonds is 4. The maximum Gasteiger partial charge on any atom is 0.355 e. The largest absolute Gasteiger partial charge is 0.476 e. The standard InChI is InChI=1S/C7H9N3O3S/c1-3(5(8)11)9-7-10-4(2-14-7)6(12)13/h2-3H,1H3,(H2,8,11)(H,9,10)(H,12,13). The lowest BCUT2D eigenvalue weighted by molar-refractivity contribution is -0.118. The van der Waals surface area contributed by atoms with E-state index in [1.165, 1.54) is 5.38 Å². The van der Waals surface area contributed by atoms with E-state index in [0.717, 1.165) is 11.3 Å². The van der Waals surface area contributed by atoms with E-state index in [1.54, 1.807) is 6.92 Å². The smallest absolute Gasteiger partial charge is 0.355 e. The van der Waals surface area contributed by atoms with Crippen molar-refractivity contribution in [1.29, 1.82) is 0 Å². The molecule has 1 aromatic heterocycles. The van der Waals surface area contributed by atoms with Crippen LogP contribution in [0.2, 0.25) is 0 Å². The van der Waals surface area contributed by atoms with Crippen LogP contribution in [-0.2, 0) is 4.79 Å². The molecule has 0 fully saturated rings. The van der Waals surface area contributed by atoms with Gasteiger partial charge in [-0.25, -0.2) is 9.78 Å². The van der Waals surface area contributed by atoms with Gasteiger partial charge in [0.1, 0.15) is 6.04 Å². The summed E-state index contributed by atoms with van der Waals surface area (Å²) in [6.45, 7) is 1.57. The van der Waals surface area contributed by atoms with Crippen molar-refractivity contribution in [1.82, 2.24) is 4.98 Å². The minimum atomic E-state index is -1.10. The molecule has 1 heterocycles. The van der Waals surface area contributed by atoms with Crippen LogP contribution in [0.25, 0.3) is 0 Å². The number of carbonyl (C=O) groups is 2. The van der Waals surface area contributed by atoms with Crippen LogP contribution in [0.1, 0.15) is 17.4 Å². The summed E-state index contributed by atoms with van der Waals surface area (Å²) in [5.74, 6) is -1.61. The van der Waals surface area contributed by atoms with Gasteiger partial charge in [0.05, 0.1) is 0 Å². The zero-order valence-corrected chi connectivity index (χ0v) is 8.17. The zero-order chi connectivity index (χ0) is 10.7. The van der Waals surface area contributed by atoms with Crippen molar-refractivity contribution >= 4 is 28.3 Å². The van der Waals surface area contributed by atoms with Gasteiger partial charge < -0.3 is 16.2 Å². The van der Waals surface area contributed by atoms with Crippen molar-refractivity contribution in [2.45, 2.75) is 13.0 Å². The van der Waals surface area contributed by atoms with Crippen molar-refractivity contribution in [2.24, 2.45) is 5.73 Å². The van der Waals surface area contributed by atoms with Crippen LogP contribution >= 0.6 is 11.3 Å². The van der Waals surface area contributed by atoms with Crippen LogP contribution in [0, 0.1) is 0 Å². The number of anilines is 1. The first-order chi connectivity index (χ1) is 6.50. The third-order valence-electron chi connectivity index (χ3n) is 1.49. The fraction of sp³-hybridized carbons (Fsp3) is 0.286. The molecule has 0 aliphatic carbocycles. The lowest BCUT2D eigenvalue weighted by Crippen LogP contribution is -2.32. The second-order valence-electron chi connectivity index (χ2n) is 2.61. The lowest BCUT2D eigenvalue weighted by Gasteiger charge is -2.06. The van der Waals surface area contributed by atoms with Crippen LogP contribution in [0.15, 0.2) is 5.38 Å². The predicted octanol–water partition coefficient (Wildman–Crippen LogP) is 0.127. The monoisotopic (exact) mass is 215 g/mol. The molecule has 1 aromatic rings. The maximum atomic E-state index is 10.7. The van der Waals surface area contributed by atoms with Crippen LogP contribution in [0.5, 0.6) is 0 Å². The Kier molecular flexibility index (Phi) is 3.03. The van der Waals surface area contributed by atoms with Crippen molar-refractivity contribution in [2.75, 3.05) is 5.32 Å². The average molecular weight is 215 g/mol. The van der Waals surface area contributed by atoms with Crippen molar-refractivity contribution in [3.05, 3.63) is 11.1 Å². The number of aromatic carboxylic acids is 1. The summed E-state index contributed by atoms with van der Waals surface area (Å²) in [5, 5.41) is 13.0. The summed E-state index contributed by atoms with van der Waals surface area (Å²) >= 11 is 1.11. The number of nitrogens with two attached hydrogens (primary N) is 1. The minimum Gasteiger partial charge on any atom is -0.476 e. The van der Waals surface area contributed by atoms with Crippen LogP contribution in [0.4, 0.5) is 5.13 Å². The molecule has 1 atom stereocenters. The Morgan fingerprint density at radius 1 is 1.71 bits per heavy atom. The number of amides is 1. The highest BCUT2D eigenvalue weighted by Gasteiger charge is 2.12. The number of thiazole rings is 1. The molecule has 4 N–H and O–H groups in total. The highest BCUT2D eigenvalue weighted by molar-refractivity contribution is 7.13. The van der Waals surface area contributed by atoms with Crippen molar-refractivity contribution in [3.63, 3.8) is 0 Å². The summed E-state index contributed by atoms with van der Waals surface area (Å²) in [4.78, 5) is 24.9. The fourth-order valence-corrected chi connectivity index (χ4v) is 1.47. The Morgan fingerprint density at radius 3 is 2.79 bits per heavy atom. The molecule has 0 aliphatic rings. The number of carboxylic acid groups (broad SMARTS) is 1. The molecule has 14 heavy (non-hydrogen) atoms. The molecule has 76 valence electrons. The first kappa shape index (κ1) is 10.5. The van der Waals surface area contributed by atoms with Crippen LogP contribution in [-0.4, -0.2) is 28.0 Å². The Bertz CT molecular complexity index is 363. The molecule has 0 saturated carbocycles. The first-order valence-electron chi connectivity index (χ1n) is 3.75. The van der Waals surface area contributed by atoms with Crippen molar-refractivity contribution in [3.8, 4) is 0 Å². The molecule has 1 rings (SSSR count). The summed E-state index contributed by atoms with van der Waals surface area (Å²) in [5.41, 5.74) is 4.96. The second kappa shape index (κ2) is 4.05. The molecule has 1 amide bonds. The number of carbonyl (C=O) groups excluding carboxylic acids is 1. The van der Waals surface area contributed by atoms with Gasteiger partial charge in [-0.2, -0.15) is 0 Å². The highest BCUT2D eigenvalue weighted by Crippen LogP contribution is 2.15. The minimum absolute atomic E-state index is 0.0471. The van der Waals surface area contributed by atoms with Gasteiger partial charge in [0.2, 0.25) is 5.91 Å². The maximum absolute atomic E-state index is 10.7. The summed E-state index contributed by atoms with van der Waals surface area (Å²) in [7, 11) is 0. The Hall–Kier alpha value is -1.63. The molecular formula is C7H9N3O3S. The van der Waals surface area contributed by atoms with Gasteiger partial charge >= 0.3 is 5.97 Å². The molecule has 1 unspecified atom stereocenters. The first-order valence-corrected chi connectivity index (χ1v) is 4.63. The number of primary amides is 1. The van der Waals surface area contributed by atoms with Gasteiger partial charge in [-0.1, -0.05) is 0 Å². The SMILES string of the molecule is CC(Nc1nc(C(=O)O)cs1)C(N)=O. The molecule has 7 heteroatoms. The number of hydrogen-bond acceptors (Lipinski definition) is 5. The normalized spacial score (nSPS) is 12.1. The number of hydrogen-bond donors (Lipinski definition) is 3. The molecular weight excluding hydrogens is 206 g/mol. The van der Waals surface area contributed by atoms with E-state index in [-0.39, 0.29) is 5.69 Å². The van der Waals surface area contributed by atoms with Crippen LogP contribution in [0.3, 0.4) is 0 Å². The number of aromatic nitrogens is 1. The molecule has 0 spiro atoms. The van der Waals surface area contributed by atoms with Crippen LogP contribution < -0.4 is 11.1 Å². The van der Waals surface area contributed by atoms with E-state index in [4.69, 9.17) is 10.8 Å². The van der Waals surface area contributed by atoms with E-state index in [2.05, 4.69) is 10.3 Å². The van der Waals surface area contributed by atoms with E-state index >= 15 is 0 Å². The van der Waals surface area contributed by atoms with Gasteiger partial charge in [-0.3, -0.25) is 4.79 Å². The lowest BCUT2D eigenvalue weighted by atomic mass is 10.3. The fourth-order valence-electron chi connectivity index (χ4n) is 0.695. The predicted molar refractivity (Wildman–Crippen MR) is 51.4 cm³/mol. The van der Waals surface area contributed by atoms with Gasteiger partial charge in [0.25, 0.3) is 0 Å². The molecule has 0 aromatic carbocycles. The quantitative estimate of drug-likeness (QED) is 0.661. The number of nitrogens with one attached hydrogen (secondary N) is 1. The molecule has 0 bridgehead atoms.